The molecule has 1 atom stereocenters. The maximum Gasteiger partial charge on any atom is 0.157 e. The maximum atomic E-state index is 11.3. The van der Waals surface area contributed by atoms with Crippen molar-refractivity contribution in [1.29, 1.82) is 0 Å². The number of anilines is 4. The highest BCUT2D eigenvalue weighted by Gasteiger charge is 2.20. The standard InChI is InChI=1S/C32H28N2O/c35-32(27-13-5-1-6-14-27)34(30-19-11-4-12-20-30)31-23-21-26(22-24-31)25-33(28-15-7-2-8-16-28)29-17-9-3-10-18-29/h1-24,32,35H,25H2. The van der Waals surface area contributed by atoms with Crippen molar-refractivity contribution >= 4 is 22.7 Å². The Hall–Kier alpha value is -4.34. The van der Waals surface area contributed by atoms with Gasteiger partial charge in [-0.15, -0.1) is 0 Å². The van der Waals surface area contributed by atoms with Gasteiger partial charge in [0, 0.05) is 34.9 Å². The summed E-state index contributed by atoms with van der Waals surface area (Å²) in [5.41, 5.74) is 6.19. The SMILES string of the molecule is OC(c1ccccc1)N(c1ccccc1)c1ccc(CN(c2ccccc2)c2ccccc2)cc1. The zero-order valence-electron chi connectivity index (χ0n) is 19.5. The van der Waals surface area contributed by atoms with Crippen LogP contribution in [0.15, 0.2) is 146 Å². The van der Waals surface area contributed by atoms with Gasteiger partial charge in [-0.25, -0.2) is 0 Å². The molecule has 5 rings (SSSR count). The minimum Gasteiger partial charge on any atom is -0.369 e. The van der Waals surface area contributed by atoms with Crippen LogP contribution in [0, 0.1) is 0 Å². The van der Waals surface area contributed by atoms with Gasteiger partial charge in [0.25, 0.3) is 0 Å². The third kappa shape index (κ3) is 5.26. The number of rotatable bonds is 8. The number of hydrogen-bond acceptors (Lipinski definition) is 3. The molecule has 3 heteroatoms. The van der Waals surface area contributed by atoms with Gasteiger partial charge in [0.2, 0.25) is 0 Å². The molecular formula is C32H28N2O. The lowest BCUT2D eigenvalue weighted by molar-refractivity contribution is 0.184. The van der Waals surface area contributed by atoms with Crippen LogP contribution in [-0.2, 0) is 6.54 Å². The minimum atomic E-state index is -0.797. The van der Waals surface area contributed by atoms with Crippen LogP contribution in [0.4, 0.5) is 22.7 Å². The first-order valence-corrected chi connectivity index (χ1v) is 11.8. The molecule has 0 aromatic heterocycles. The molecular weight excluding hydrogens is 428 g/mol. The Morgan fingerprint density at radius 2 is 0.857 bits per heavy atom. The molecule has 35 heavy (non-hydrogen) atoms. The molecule has 1 N–H and O–H groups in total. The fourth-order valence-corrected chi connectivity index (χ4v) is 4.29. The molecule has 5 aromatic rings. The van der Waals surface area contributed by atoms with E-state index in [2.05, 4.69) is 77.7 Å². The highest BCUT2D eigenvalue weighted by atomic mass is 16.3. The van der Waals surface area contributed by atoms with Gasteiger partial charge in [0.15, 0.2) is 6.23 Å². The summed E-state index contributed by atoms with van der Waals surface area (Å²) in [4.78, 5) is 4.27. The molecule has 0 spiro atoms. The molecule has 0 saturated heterocycles. The molecule has 0 radical (unpaired) electrons. The first-order chi connectivity index (χ1) is 17.3. The first kappa shape index (κ1) is 22.5. The van der Waals surface area contributed by atoms with E-state index in [0.29, 0.717) is 0 Å². The van der Waals surface area contributed by atoms with Gasteiger partial charge in [0.05, 0.1) is 0 Å². The summed E-state index contributed by atoms with van der Waals surface area (Å²) in [6.07, 6.45) is -0.797. The number of nitrogens with zero attached hydrogens (tertiary/aromatic N) is 2. The lowest BCUT2D eigenvalue weighted by Crippen LogP contribution is -2.23. The second-order valence-corrected chi connectivity index (χ2v) is 8.41. The van der Waals surface area contributed by atoms with Crippen LogP contribution in [-0.4, -0.2) is 5.11 Å². The molecule has 0 saturated carbocycles. The van der Waals surface area contributed by atoms with Crippen LogP contribution in [0.1, 0.15) is 17.4 Å². The molecule has 0 heterocycles. The number of hydrogen-bond donors (Lipinski definition) is 1. The quantitative estimate of drug-likeness (QED) is 0.241. The summed E-state index contributed by atoms with van der Waals surface area (Å²) in [5.74, 6) is 0. The van der Waals surface area contributed by atoms with Crippen LogP contribution < -0.4 is 9.80 Å². The second kappa shape index (κ2) is 10.7. The Morgan fingerprint density at radius 1 is 0.457 bits per heavy atom. The lowest BCUT2D eigenvalue weighted by Gasteiger charge is -2.31. The smallest absolute Gasteiger partial charge is 0.157 e. The van der Waals surface area contributed by atoms with E-state index in [1.54, 1.807) is 0 Å². The van der Waals surface area contributed by atoms with Crippen molar-refractivity contribution in [2.24, 2.45) is 0 Å². The van der Waals surface area contributed by atoms with Crippen molar-refractivity contribution in [1.82, 2.24) is 0 Å². The van der Waals surface area contributed by atoms with E-state index >= 15 is 0 Å². The predicted octanol–water partition coefficient (Wildman–Crippen LogP) is 7.85. The van der Waals surface area contributed by atoms with Gasteiger partial charge < -0.3 is 14.9 Å². The summed E-state index contributed by atoms with van der Waals surface area (Å²) >= 11 is 0. The second-order valence-electron chi connectivity index (χ2n) is 8.41. The minimum absolute atomic E-state index is 0.737. The van der Waals surface area contributed by atoms with Gasteiger partial charge >= 0.3 is 0 Å². The molecule has 1 unspecified atom stereocenters. The third-order valence-electron chi connectivity index (χ3n) is 6.07. The molecule has 0 bridgehead atoms. The van der Waals surface area contributed by atoms with Crippen LogP contribution >= 0.6 is 0 Å². The van der Waals surface area contributed by atoms with E-state index in [1.807, 2.05) is 77.7 Å². The average Bonchev–Trinajstić information content (AvgIpc) is 2.94. The number of para-hydroxylation sites is 3. The van der Waals surface area contributed by atoms with Crippen molar-refractivity contribution in [2.75, 3.05) is 9.80 Å². The highest BCUT2D eigenvalue weighted by Crippen LogP contribution is 2.34. The number of aliphatic hydroxyl groups excluding tert-OH is 1. The zero-order valence-corrected chi connectivity index (χ0v) is 19.5. The fourth-order valence-electron chi connectivity index (χ4n) is 4.29. The Morgan fingerprint density at radius 3 is 1.34 bits per heavy atom. The monoisotopic (exact) mass is 456 g/mol. The highest BCUT2D eigenvalue weighted by molar-refractivity contribution is 5.66. The molecule has 0 amide bonds. The first-order valence-electron chi connectivity index (χ1n) is 11.8. The Labute approximate surface area is 207 Å². The topological polar surface area (TPSA) is 26.7 Å². The summed E-state index contributed by atoms with van der Waals surface area (Å²) in [6.45, 7) is 0.737. The van der Waals surface area contributed by atoms with Gasteiger partial charge in [0.1, 0.15) is 0 Å². The predicted molar refractivity (Wildman–Crippen MR) is 145 cm³/mol. The number of benzene rings is 5. The zero-order chi connectivity index (χ0) is 23.9. The van der Waals surface area contributed by atoms with Crippen LogP contribution in [0.5, 0.6) is 0 Å². The van der Waals surface area contributed by atoms with Crippen molar-refractivity contribution in [2.45, 2.75) is 12.8 Å². The molecule has 0 fully saturated rings. The van der Waals surface area contributed by atoms with Crippen molar-refractivity contribution in [3.05, 3.63) is 157 Å². The fraction of sp³-hybridized carbons (Fsp3) is 0.0625. The van der Waals surface area contributed by atoms with Crippen molar-refractivity contribution < 1.29 is 5.11 Å². The van der Waals surface area contributed by atoms with Crippen LogP contribution in [0.3, 0.4) is 0 Å². The number of aliphatic hydroxyl groups is 1. The lowest BCUT2D eigenvalue weighted by atomic mass is 10.1. The normalized spacial score (nSPS) is 11.6. The maximum absolute atomic E-state index is 11.3. The van der Waals surface area contributed by atoms with Crippen LogP contribution in [0.25, 0.3) is 0 Å². The Bertz CT molecular complexity index is 1270. The average molecular weight is 457 g/mol. The van der Waals surface area contributed by atoms with E-state index in [9.17, 15) is 5.11 Å². The largest absolute Gasteiger partial charge is 0.369 e. The van der Waals surface area contributed by atoms with Crippen molar-refractivity contribution in [3.8, 4) is 0 Å². The molecule has 0 aliphatic rings. The van der Waals surface area contributed by atoms with Crippen molar-refractivity contribution in [3.63, 3.8) is 0 Å². The summed E-state index contributed by atoms with van der Waals surface area (Å²) < 4.78 is 0. The summed E-state index contributed by atoms with van der Waals surface area (Å²) in [7, 11) is 0. The van der Waals surface area contributed by atoms with Crippen LogP contribution in [0.2, 0.25) is 0 Å². The molecule has 172 valence electrons. The van der Waals surface area contributed by atoms with Gasteiger partial charge in [-0.3, -0.25) is 0 Å². The Kier molecular flexibility index (Phi) is 6.88. The third-order valence-corrected chi connectivity index (χ3v) is 6.07. The molecule has 0 aliphatic heterocycles. The van der Waals surface area contributed by atoms with Gasteiger partial charge in [-0.05, 0) is 54.1 Å². The summed E-state index contributed by atoms with van der Waals surface area (Å²) in [6, 6.07) is 49.1. The van der Waals surface area contributed by atoms with Gasteiger partial charge in [-0.1, -0.05) is 97.1 Å². The van der Waals surface area contributed by atoms with E-state index in [4.69, 9.17) is 0 Å². The van der Waals surface area contributed by atoms with E-state index < -0.39 is 6.23 Å². The molecule has 0 aliphatic carbocycles. The molecule has 5 aromatic carbocycles. The Balaban J connectivity index is 1.46. The summed E-state index contributed by atoms with van der Waals surface area (Å²) in [5, 5.41) is 11.3. The van der Waals surface area contributed by atoms with E-state index in [0.717, 1.165) is 34.9 Å². The van der Waals surface area contributed by atoms with E-state index in [1.165, 1.54) is 5.56 Å². The van der Waals surface area contributed by atoms with E-state index in [-0.39, 0.29) is 0 Å². The molecule has 3 nitrogen and oxygen atoms in total. The van der Waals surface area contributed by atoms with Gasteiger partial charge in [-0.2, -0.15) is 0 Å².